The number of carbonyl (C=O) groups excluding carboxylic acids is 1. The third-order valence-corrected chi connectivity index (χ3v) is 8.11. The number of hydrazone groups is 1. The van der Waals surface area contributed by atoms with Gasteiger partial charge in [-0.1, -0.05) is 13.3 Å². The van der Waals surface area contributed by atoms with E-state index in [1.54, 1.807) is 19.2 Å². The standard InChI is InChI=1S/C21H32N4O3S/c1-16-6-4-5-7-20(16)22-23-21(26)17-8-10-19(11-9-17)29(27,28)25(3)18-12-14-24(2)15-13-18/h8-11,16,18H,4-7,12-15H2,1-3H3,(H,23,26)/b22-20-/t16-/m1/s1. The first-order chi connectivity index (χ1) is 13.8. The Morgan fingerprint density at radius 1 is 1.14 bits per heavy atom. The van der Waals surface area contributed by atoms with Gasteiger partial charge in [-0.05, 0) is 82.4 Å². The van der Waals surface area contributed by atoms with E-state index in [0.29, 0.717) is 11.5 Å². The van der Waals surface area contributed by atoms with Crippen molar-refractivity contribution in [2.75, 3.05) is 27.2 Å². The van der Waals surface area contributed by atoms with Gasteiger partial charge in [0.15, 0.2) is 0 Å². The largest absolute Gasteiger partial charge is 0.306 e. The molecule has 0 bridgehead atoms. The second-order valence-electron chi connectivity index (χ2n) is 8.27. The van der Waals surface area contributed by atoms with Crippen LogP contribution in [0.1, 0.15) is 55.8 Å². The summed E-state index contributed by atoms with van der Waals surface area (Å²) in [5.74, 6) is 0.0783. The van der Waals surface area contributed by atoms with Crippen molar-refractivity contribution in [2.45, 2.75) is 56.4 Å². The molecule has 1 aromatic rings. The van der Waals surface area contributed by atoms with E-state index in [-0.39, 0.29) is 16.8 Å². The number of hydrogen-bond donors (Lipinski definition) is 1. The molecule has 7 nitrogen and oxygen atoms in total. The van der Waals surface area contributed by atoms with Gasteiger partial charge in [0, 0.05) is 24.4 Å². The van der Waals surface area contributed by atoms with Gasteiger partial charge in [0.2, 0.25) is 10.0 Å². The monoisotopic (exact) mass is 420 g/mol. The van der Waals surface area contributed by atoms with Crippen LogP contribution in [-0.4, -0.2) is 62.5 Å². The smallest absolute Gasteiger partial charge is 0.271 e. The predicted octanol–water partition coefficient (Wildman–Crippen LogP) is 2.70. The number of likely N-dealkylation sites (tertiary alicyclic amines) is 1. The van der Waals surface area contributed by atoms with Crippen molar-refractivity contribution in [3.63, 3.8) is 0 Å². The van der Waals surface area contributed by atoms with E-state index in [9.17, 15) is 13.2 Å². The van der Waals surface area contributed by atoms with Gasteiger partial charge in [-0.3, -0.25) is 4.79 Å². The molecule has 1 atom stereocenters. The summed E-state index contributed by atoms with van der Waals surface area (Å²) in [4.78, 5) is 14.8. The van der Waals surface area contributed by atoms with Crippen molar-refractivity contribution in [1.82, 2.24) is 14.6 Å². The number of sulfonamides is 1. The first kappa shape index (κ1) is 21.9. The summed E-state index contributed by atoms with van der Waals surface area (Å²) in [5.41, 5.74) is 4.05. The number of rotatable bonds is 5. The highest BCUT2D eigenvalue weighted by atomic mass is 32.2. The molecule has 1 aliphatic heterocycles. The second kappa shape index (κ2) is 9.36. The van der Waals surface area contributed by atoms with E-state index in [4.69, 9.17) is 0 Å². The van der Waals surface area contributed by atoms with Gasteiger partial charge in [0.25, 0.3) is 5.91 Å². The van der Waals surface area contributed by atoms with Crippen LogP contribution in [0.2, 0.25) is 0 Å². The van der Waals surface area contributed by atoms with Gasteiger partial charge in [-0.15, -0.1) is 0 Å². The van der Waals surface area contributed by atoms with Crippen molar-refractivity contribution in [3.8, 4) is 0 Å². The Kier molecular flexibility index (Phi) is 7.08. The van der Waals surface area contributed by atoms with Crippen LogP contribution in [0.25, 0.3) is 0 Å². The van der Waals surface area contributed by atoms with Gasteiger partial charge in [0.1, 0.15) is 0 Å². The Morgan fingerprint density at radius 3 is 2.41 bits per heavy atom. The average Bonchev–Trinajstić information content (AvgIpc) is 2.73. The molecule has 1 amide bonds. The van der Waals surface area contributed by atoms with Crippen molar-refractivity contribution >= 4 is 21.6 Å². The number of nitrogens with one attached hydrogen (secondary N) is 1. The van der Waals surface area contributed by atoms with Crippen LogP contribution in [-0.2, 0) is 10.0 Å². The molecule has 0 aromatic heterocycles. The molecular formula is C21H32N4O3S. The van der Waals surface area contributed by atoms with Crippen LogP contribution in [0.15, 0.2) is 34.3 Å². The summed E-state index contributed by atoms with van der Waals surface area (Å²) < 4.78 is 27.4. The third kappa shape index (κ3) is 5.24. The predicted molar refractivity (Wildman–Crippen MR) is 114 cm³/mol. The van der Waals surface area contributed by atoms with Crippen LogP contribution in [0.4, 0.5) is 0 Å². The number of hydrogen-bond acceptors (Lipinski definition) is 5. The minimum atomic E-state index is -3.58. The highest BCUT2D eigenvalue weighted by Crippen LogP contribution is 2.23. The van der Waals surface area contributed by atoms with Crippen molar-refractivity contribution in [2.24, 2.45) is 11.0 Å². The fourth-order valence-corrected chi connectivity index (χ4v) is 5.44. The molecular weight excluding hydrogens is 388 g/mol. The van der Waals surface area contributed by atoms with Crippen LogP contribution < -0.4 is 5.43 Å². The van der Waals surface area contributed by atoms with Crippen molar-refractivity contribution in [1.29, 1.82) is 0 Å². The fourth-order valence-electron chi connectivity index (χ4n) is 4.02. The molecule has 1 heterocycles. The topological polar surface area (TPSA) is 82.1 Å². The van der Waals surface area contributed by atoms with Gasteiger partial charge in [-0.25, -0.2) is 13.8 Å². The molecule has 3 rings (SSSR count). The molecule has 2 fully saturated rings. The molecule has 29 heavy (non-hydrogen) atoms. The number of benzene rings is 1. The first-order valence-corrected chi connectivity index (χ1v) is 11.9. The lowest BCUT2D eigenvalue weighted by molar-refractivity contribution is 0.0954. The lowest BCUT2D eigenvalue weighted by Crippen LogP contribution is -2.44. The molecule has 1 N–H and O–H groups in total. The maximum atomic E-state index is 13.0. The van der Waals surface area contributed by atoms with Crippen molar-refractivity contribution in [3.05, 3.63) is 29.8 Å². The third-order valence-electron chi connectivity index (χ3n) is 6.19. The molecule has 8 heteroatoms. The van der Waals surface area contributed by atoms with Crippen LogP contribution in [0.3, 0.4) is 0 Å². The zero-order valence-electron chi connectivity index (χ0n) is 17.6. The Hall–Kier alpha value is -1.77. The van der Waals surface area contributed by atoms with Crippen LogP contribution in [0, 0.1) is 5.92 Å². The van der Waals surface area contributed by atoms with E-state index in [0.717, 1.165) is 50.9 Å². The van der Waals surface area contributed by atoms with Crippen molar-refractivity contribution < 1.29 is 13.2 Å². The van der Waals surface area contributed by atoms with Crippen LogP contribution in [0.5, 0.6) is 0 Å². The summed E-state index contributed by atoms with van der Waals surface area (Å²) in [6, 6.07) is 6.12. The Balaban J connectivity index is 1.65. The summed E-state index contributed by atoms with van der Waals surface area (Å²) in [5, 5.41) is 4.29. The van der Waals surface area contributed by atoms with E-state index in [1.807, 2.05) is 7.05 Å². The SMILES string of the molecule is C[C@@H]1CCCC/C1=N/NC(=O)c1ccc(S(=O)(=O)N(C)C2CCN(C)CC2)cc1. The quantitative estimate of drug-likeness (QED) is 0.743. The van der Waals surface area contributed by atoms with E-state index < -0.39 is 10.0 Å². The molecule has 160 valence electrons. The highest BCUT2D eigenvalue weighted by Gasteiger charge is 2.30. The summed E-state index contributed by atoms with van der Waals surface area (Å²) in [6.45, 7) is 3.92. The average molecular weight is 421 g/mol. The summed E-state index contributed by atoms with van der Waals surface area (Å²) >= 11 is 0. The number of amides is 1. The Labute approximate surface area is 174 Å². The second-order valence-corrected chi connectivity index (χ2v) is 10.3. The van der Waals surface area contributed by atoms with E-state index in [2.05, 4.69) is 22.4 Å². The molecule has 1 saturated heterocycles. The molecule has 0 spiro atoms. The summed E-state index contributed by atoms with van der Waals surface area (Å²) in [7, 11) is 0.116. The Morgan fingerprint density at radius 2 is 1.79 bits per heavy atom. The number of piperidine rings is 1. The molecule has 1 aliphatic carbocycles. The maximum Gasteiger partial charge on any atom is 0.271 e. The molecule has 1 saturated carbocycles. The Bertz CT molecular complexity index is 843. The number of carbonyl (C=O) groups is 1. The molecule has 2 aliphatic rings. The lowest BCUT2D eigenvalue weighted by atomic mass is 9.89. The zero-order chi connectivity index (χ0) is 21.0. The first-order valence-electron chi connectivity index (χ1n) is 10.4. The zero-order valence-corrected chi connectivity index (χ0v) is 18.4. The van der Waals surface area contributed by atoms with Gasteiger partial charge >= 0.3 is 0 Å². The van der Waals surface area contributed by atoms with Gasteiger partial charge in [0.05, 0.1) is 4.90 Å². The minimum absolute atomic E-state index is 0.00693. The highest BCUT2D eigenvalue weighted by molar-refractivity contribution is 7.89. The van der Waals surface area contributed by atoms with Gasteiger partial charge in [-0.2, -0.15) is 9.41 Å². The number of nitrogens with zero attached hydrogens (tertiary/aromatic N) is 3. The molecule has 0 unspecified atom stereocenters. The molecule has 0 radical (unpaired) electrons. The lowest BCUT2D eigenvalue weighted by Gasteiger charge is -2.34. The van der Waals surface area contributed by atoms with E-state index >= 15 is 0 Å². The minimum Gasteiger partial charge on any atom is -0.306 e. The molecule has 1 aromatic carbocycles. The maximum absolute atomic E-state index is 13.0. The van der Waals surface area contributed by atoms with Crippen LogP contribution >= 0.6 is 0 Å². The fraction of sp³-hybridized carbons (Fsp3) is 0.619. The summed E-state index contributed by atoms with van der Waals surface area (Å²) in [6.07, 6.45) is 5.98. The normalized spacial score (nSPS) is 23.4. The van der Waals surface area contributed by atoms with Gasteiger partial charge < -0.3 is 4.90 Å². The van der Waals surface area contributed by atoms with E-state index in [1.165, 1.54) is 22.9 Å².